The number of ether oxygens (including phenoxy) is 1. The highest BCUT2D eigenvalue weighted by Crippen LogP contribution is 2.50. The fourth-order valence-corrected chi connectivity index (χ4v) is 5.15. The zero-order valence-corrected chi connectivity index (χ0v) is 15.4. The van der Waals surface area contributed by atoms with E-state index in [9.17, 15) is 0 Å². The molecule has 3 unspecified atom stereocenters. The predicted molar refractivity (Wildman–Crippen MR) is 90.6 cm³/mol. The van der Waals surface area contributed by atoms with Crippen molar-refractivity contribution in [1.29, 1.82) is 0 Å². The van der Waals surface area contributed by atoms with Crippen LogP contribution in [0.1, 0.15) is 80.6 Å². The normalized spacial score (nSPS) is 35.6. The lowest BCUT2D eigenvalue weighted by atomic mass is 9.61. The van der Waals surface area contributed by atoms with Crippen LogP contribution in [0.25, 0.3) is 0 Å². The second kappa shape index (κ2) is 5.85. The third kappa shape index (κ3) is 3.64. The van der Waals surface area contributed by atoms with Gasteiger partial charge in [0.05, 0.1) is 11.2 Å². The Bertz CT molecular complexity index is 359. The lowest BCUT2D eigenvalue weighted by Crippen LogP contribution is -2.53. The average Bonchev–Trinajstić information content (AvgIpc) is 2.54. The van der Waals surface area contributed by atoms with E-state index in [1.54, 1.807) is 0 Å². The predicted octanol–water partition coefficient (Wildman–Crippen LogP) is 4.77. The van der Waals surface area contributed by atoms with E-state index in [2.05, 4.69) is 53.8 Å². The van der Waals surface area contributed by atoms with Gasteiger partial charge in [-0.15, -0.1) is 0 Å². The molecule has 0 bridgehead atoms. The van der Waals surface area contributed by atoms with Crippen LogP contribution >= 0.6 is 0 Å². The smallest absolute Gasteiger partial charge is 0.0677 e. The Morgan fingerprint density at radius 3 is 2.19 bits per heavy atom. The molecule has 1 N–H and O–H groups in total. The van der Waals surface area contributed by atoms with E-state index in [-0.39, 0.29) is 11.2 Å². The van der Waals surface area contributed by atoms with Crippen LogP contribution in [0.3, 0.4) is 0 Å². The Morgan fingerprint density at radius 1 is 1.05 bits per heavy atom. The molecule has 2 fully saturated rings. The third-order valence-electron chi connectivity index (χ3n) is 6.04. The van der Waals surface area contributed by atoms with E-state index >= 15 is 0 Å². The van der Waals surface area contributed by atoms with Gasteiger partial charge >= 0.3 is 0 Å². The first kappa shape index (κ1) is 17.3. The summed E-state index contributed by atoms with van der Waals surface area (Å²) in [6, 6.07) is 0.585. The van der Waals surface area contributed by atoms with Gasteiger partial charge in [0.1, 0.15) is 0 Å². The van der Waals surface area contributed by atoms with E-state index in [1.165, 1.54) is 32.1 Å². The maximum atomic E-state index is 6.40. The van der Waals surface area contributed by atoms with Crippen LogP contribution in [0.5, 0.6) is 0 Å². The summed E-state index contributed by atoms with van der Waals surface area (Å²) in [7, 11) is 0. The zero-order chi connectivity index (χ0) is 15.9. The summed E-state index contributed by atoms with van der Waals surface area (Å²) in [6.45, 7) is 17.4. The first-order chi connectivity index (χ1) is 9.59. The molecule has 1 aliphatic carbocycles. The minimum atomic E-state index is -0.0239. The SMILES string of the molecule is CCNC(C1CCCCC1(C)C)C1CC(C)(C)OC1(C)C. The summed E-state index contributed by atoms with van der Waals surface area (Å²) in [5, 5.41) is 3.86. The maximum Gasteiger partial charge on any atom is 0.0677 e. The van der Waals surface area contributed by atoms with Gasteiger partial charge in [0, 0.05) is 12.0 Å². The fraction of sp³-hybridized carbons (Fsp3) is 1.00. The summed E-state index contributed by atoms with van der Waals surface area (Å²) >= 11 is 0. The molecule has 2 aliphatic rings. The van der Waals surface area contributed by atoms with Crippen LogP contribution in [-0.2, 0) is 4.74 Å². The molecule has 21 heavy (non-hydrogen) atoms. The molecule has 0 spiro atoms. The summed E-state index contributed by atoms with van der Waals surface area (Å²) in [4.78, 5) is 0. The molecule has 1 saturated carbocycles. The van der Waals surface area contributed by atoms with E-state index in [0.717, 1.165) is 12.5 Å². The van der Waals surface area contributed by atoms with E-state index in [0.29, 0.717) is 17.4 Å². The Morgan fingerprint density at radius 2 is 1.71 bits per heavy atom. The van der Waals surface area contributed by atoms with Crippen LogP contribution in [0, 0.1) is 17.3 Å². The molecular formula is C19H37NO. The molecule has 2 rings (SSSR count). The van der Waals surface area contributed by atoms with Crippen molar-refractivity contribution in [1.82, 2.24) is 5.32 Å². The van der Waals surface area contributed by atoms with Gasteiger partial charge in [-0.3, -0.25) is 0 Å². The monoisotopic (exact) mass is 295 g/mol. The standard InChI is InChI=1S/C19H37NO/c1-8-20-16(14-11-9-10-12-17(14,2)3)15-13-18(4,5)21-19(15,6)7/h14-16,20H,8-13H2,1-7H3. The van der Waals surface area contributed by atoms with Gasteiger partial charge in [-0.1, -0.05) is 33.6 Å². The number of hydrogen-bond donors (Lipinski definition) is 1. The third-order valence-corrected chi connectivity index (χ3v) is 6.04. The molecule has 0 radical (unpaired) electrons. The summed E-state index contributed by atoms with van der Waals surface area (Å²) in [5.41, 5.74) is 0.443. The highest BCUT2D eigenvalue weighted by molar-refractivity contribution is 5.04. The van der Waals surface area contributed by atoms with Gasteiger partial charge in [-0.05, 0) is 64.8 Å². The molecular weight excluding hydrogens is 258 g/mol. The van der Waals surface area contributed by atoms with Crippen molar-refractivity contribution >= 4 is 0 Å². The van der Waals surface area contributed by atoms with E-state index in [1.807, 2.05) is 0 Å². The summed E-state index contributed by atoms with van der Waals surface area (Å²) in [5.74, 6) is 1.38. The highest BCUT2D eigenvalue weighted by Gasteiger charge is 2.52. The highest BCUT2D eigenvalue weighted by atomic mass is 16.5. The Kier molecular flexibility index (Phi) is 4.81. The van der Waals surface area contributed by atoms with Crippen LogP contribution in [0.4, 0.5) is 0 Å². The quantitative estimate of drug-likeness (QED) is 0.806. The van der Waals surface area contributed by atoms with E-state index in [4.69, 9.17) is 4.74 Å². The largest absolute Gasteiger partial charge is 0.369 e. The maximum absolute atomic E-state index is 6.40. The second-order valence-electron chi connectivity index (χ2n) is 9.20. The average molecular weight is 296 g/mol. The molecule has 0 aromatic carbocycles. The number of rotatable bonds is 4. The molecule has 0 amide bonds. The minimum absolute atomic E-state index is 0.0145. The van der Waals surface area contributed by atoms with Gasteiger partial charge < -0.3 is 10.1 Å². The molecule has 1 saturated heterocycles. The van der Waals surface area contributed by atoms with Gasteiger partial charge in [-0.25, -0.2) is 0 Å². The molecule has 2 heteroatoms. The molecule has 124 valence electrons. The number of hydrogen-bond acceptors (Lipinski definition) is 2. The van der Waals surface area contributed by atoms with Gasteiger partial charge in [0.2, 0.25) is 0 Å². The summed E-state index contributed by atoms with van der Waals surface area (Å²) < 4.78 is 6.40. The first-order valence-electron chi connectivity index (χ1n) is 9.03. The Hall–Kier alpha value is -0.0800. The second-order valence-corrected chi connectivity index (χ2v) is 9.20. The van der Waals surface area contributed by atoms with Gasteiger partial charge in [-0.2, -0.15) is 0 Å². The lowest BCUT2D eigenvalue weighted by molar-refractivity contribution is -0.0832. The van der Waals surface area contributed by atoms with Crippen molar-refractivity contribution in [3.8, 4) is 0 Å². The topological polar surface area (TPSA) is 21.3 Å². The van der Waals surface area contributed by atoms with Crippen molar-refractivity contribution in [2.45, 2.75) is 97.8 Å². The molecule has 0 aromatic rings. The van der Waals surface area contributed by atoms with Crippen LogP contribution in [0.15, 0.2) is 0 Å². The van der Waals surface area contributed by atoms with Crippen molar-refractivity contribution in [3.63, 3.8) is 0 Å². The Labute approximate surface area is 132 Å². The van der Waals surface area contributed by atoms with Crippen molar-refractivity contribution in [3.05, 3.63) is 0 Å². The van der Waals surface area contributed by atoms with Gasteiger partial charge in [0.25, 0.3) is 0 Å². The summed E-state index contributed by atoms with van der Waals surface area (Å²) in [6.07, 6.45) is 6.71. The molecule has 0 aromatic heterocycles. The Balaban J connectivity index is 2.26. The van der Waals surface area contributed by atoms with Crippen LogP contribution in [0.2, 0.25) is 0 Å². The van der Waals surface area contributed by atoms with E-state index < -0.39 is 0 Å². The van der Waals surface area contributed by atoms with Crippen LogP contribution in [-0.4, -0.2) is 23.8 Å². The lowest BCUT2D eigenvalue weighted by Gasteiger charge is -2.47. The van der Waals surface area contributed by atoms with Crippen molar-refractivity contribution in [2.24, 2.45) is 17.3 Å². The zero-order valence-electron chi connectivity index (χ0n) is 15.4. The van der Waals surface area contributed by atoms with Crippen molar-refractivity contribution < 1.29 is 4.74 Å². The molecule has 1 aliphatic heterocycles. The van der Waals surface area contributed by atoms with Gasteiger partial charge in [0.15, 0.2) is 0 Å². The molecule has 1 heterocycles. The molecule has 2 nitrogen and oxygen atoms in total. The van der Waals surface area contributed by atoms with Crippen LogP contribution < -0.4 is 5.32 Å². The van der Waals surface area contributed by atoms with Crippen molar-refractivity contribution in [2.75, 3.05) is 6.54 Å². The fourth-order valence-electron chi connectivity index (χ4n) is 5.15. The number of nitrogens with one attached hydrogen (secondary N) is 1. The minimum Gasteiger partial charge on any atom is -0.369 e. The first-order valence-corrected chi connectivity index (χ1v) is 9.03. The molecule has 3 atom stereocenters.